The van der Waals surface area contributed by atoms with Crippen LogP contribution in [0.2, 0.25) is 0 Å². The summed E-state index contributed by atoms with van der Waals surface area (Å²) < 4.78 is 0. The molecule has 0 radical (unpaired) electrons. The minimum atomic E-state index is 0.365. The van der Waals surface area contributed by atoms with E-state index in [1.54, 1.807) is 0 Å². The Hall–Kier alpha value is -0.0400. The molecule has 3 aliphatic carbocycles. The highest BCUT2D eigenvalue weighted by Crippen LogP contribution is 2.74. The molecule has 3 saturated carbocycles. The standard InChI is InChI=1S/C15H26O/c1-13(2)11(8-12-9-14(12,13)3)4-5-15(10-16)6-7-15/h11-12,16H,4-10H2,1-3H3/t11?,12?,14-/m0/s1. The molecule has 3 aliphatic rings. The van der Waals surface area contributed by atoms with Crippen LogP contribution in [0.5, 0.6) is 0 Å². The van der Waals surface area contributed by atoms with E-state index >= 15 is 0 Å². The first-order valence-corrected chi connectivity index (χ1v) is 7.04. The van der Waals surface area contributed by atoms with Crippen LogP contribution in [0, 0.1) is 28.1 Å². The van der Waals surface area contributed by atoms with E-state index in [9.17, 15) is 5.11 Å². The molecule has 0 aliphatic heterocycles. The second-order valence-corrected chi connectivity index (χ2v) is 7.67. The van der Waals surface area contributed by atoms with Crippen LogP contribution in [-0.4, -0.2) is 11.7 Å². The second kappa shape index (κ2) is 3.04. The van der Waals surface area contributed by atoms with E-state index < -0.39 is 0 Å². The molecule has 1 heteroatoms. The molecule has 1 nitrogen and oxygen atoms in total. The lowest BCUT2D eigenvalue weighted by molar-refractivity contribution is 0.122. The van der Waals surface area contributed by atoms with Gasteiger partial charge in [-0.3, -0.25) is 0 Å². The molecule has 3 atom stereocenters. The number of fused-ring (bicyclic) bond motifs is 1. The molecule has 0 bridgehead atoms. The molecule has 0 aromatic rings. The van der Waals surface area contributed by atoms with Crippen molar-refractivity contribution in [3.8, 4) is 0 Å². The van der Waals surface area contributed by atoms with Gasteiger partial charge < -0.3 is 5.11 Å². The number of hydrogen-bond acceptors (Lipinski definition) is 1. The zero-order valence-electron chi connectivity index (χ0n) is 11.1. The fraction of sp³-hybridized carbons (Fsp3) is 1.00. The summed E-state index contributed by atoms with van der Waals surface area (Å²) in [6.45, 7) is 7.91. The summed E-state index contributed by atoms with van der Waals surface area (Å²) in [5, 5.41) is 9.37. The Balaban J connectivity index is 1.61. The highest BCUT2D eigenvalue weighted by Gasteiger charge is 2.66. The lowest BCUT2D eigenvalue weighted by Gasteiger charge is -2.36. The van der Waals surface area contributed by atoms with Crippen molar-refractivity contribution >= 4 is 0 Å². The third-order valence-corrected chi connectivity index (χ3v) is 6.79. The Morgan fingerprint density at radius 3 is 2.31 bits per heavy atom. The third kappa shape index (κ3) is 1.33. The molecule has 0 saturated heterocycles. The maximum absolute atomic E-state index is 9.37. The van der Waals surface area contributed by atoms with Crippen molar-refractivity contribution in [2.24, 2.45) is 28.1 Å². The average Bonchev–Trinajstić information content (AvgIpc) is 3.10. The van der Waals surface area contributed by atoms with E-state index in [0.717, 1.165) is 11.8 Å². The number of aliphatic hydroxyl groups excluding tert-OH is 1. The summed E-state index contributed by atoms with van der Waals surface area (Å²) in [6, 6.07) is 0. The summed E-state index contributed by atoms with van der Waals surface area (Å²) in [7, 11) is 0. The lowest BCUT2D eigenvalue weighted by Crippen LogP contribution is -2.28. The average molecular weight is 222 g/mol. The largest absolute Gasteiger partial charge is 0.396 e. The summed E-state index contributed by atoms with van der Waals surface area (Å²) >= 11 is 0. The second-order valence-electron chi connectivity index (χ2n) is 7.67. The van der Waals surface area contributed by atoms with Gasteiger partial charge in [0.15, 0.2) is 0 Å². The van der Waals surface area contributed by atoms with Crippen LogP contribution in [0.3, 0.4) is 0 Å². The van der Waals surface area contributed by atoms with E-state index in [1.807, 2.05) is 0 Å². The van der Waals surface area contributed by atoms with Crippen LogP contribution < -0.4 is 0 Å². The van der Waals surface area contributed by atoms with Crippen LogP contribution >= 0.6 is 0 Å². The van der Waals surface area contributed by atoms with Crippen molar-refractivity contribution in [2.45, 2.75) is 59.3 Å². The molecule has 0 spiro atoms. The van der Waals surface area contributed by atoms with Crippen molar-refractivity contribution in [3.05, 3.63) is 0 Å². The smallest absolute Gasteiger partial charge is 0.0487 e. The normalized spacial score (nSPS) is 46.5. The monoisotopic (exact) mass is 222 g/mol. The molecule has 3 fully saturated rings. The molecule has 92 valence electrons. The molecule has 3 rings (SSSR count). The van der Waals surface area contributed by atoms with Crippen LogP contribution in [0.15, 0.2) is 0 Å². The van der Waals surface area contributed by atoms with Gasteiger partial charge >= 0.3 is 0 Å². The van der Waals surface area contributed by atoms with Crippen LogP contribution in [-0.2, 0) is 0 Å². The van der Waals surface area contributed by atoms with Gasteiger partial charge in [-0.1, -0.05) is 20.8 Å². The topological polar surface area (TPSA) is 20.2 Å². The van der Waals surface area contributed by atoms with Gasteiger partial charge in [-0.05, 0) is 66.6 Å². The maximum atomic E-state index is 9.37. The lowest BCUT2D eigenvalue weighted by atomic mass is 9.69. The van der Waals surface area contributed by atoms with E-state index in [4.69, 9.17) is 0 Å². The predicted molar refractivity (Wildman–Crippen MR) is 66.1 cm³/mol. The summed E-state index contributed by atoms with van der Waals surface area (Å²) in [6.07, 6.45) is 8.13. The molecule has 0 aromatic heterocycles. The Labute approximate surface area is 99.6 Å². The maximum Gasteiger partial charge on any atom is 0.0487 e. The van der Waals surface area contributed by atoms with Crippen molar-refractivity contribution in [1.82, 2.24) is 0 Å². The van der Waals surface area contributed by atoms with Crippen LogP contribution in [0.1, 0.15) is 59.3 Å². The first kappa shape index (κ1) is 11.1. The molecule has 0 aromatic carbocycles. The number of aliphatic hydroxyl groups is 1. The highest BCUT2D eigenvalue weighted by atomic mass is 16.3. The fourth-order valence-corrected chi connectivity index (χ4v) is 4.31. The Morgan fingerprint density at radius 1 is 1.19 bits per heavy atom. The molecular formula is C15H26O. The van der Waals surface area contributed by atoms with Crippen molar-refractivity contribution < 1.29 is 5.11 Å². The zero-order valence-corrected chi connectivity index (χ0v) is 11.1. The van der Waals surface area contributed by atoms with Gasteiger partial charge in [0.1, 0.15) is 0 Å². The van der Waals surface area contributed by atoms with E-state index in [2.05, 4.69) is 20.8 Å². The Bertz CT molecular complexity index is 303. The first-order chi connectivity index (χ1) is 7.44. The van der Waals surface area contributed by atoms with Gasteiger partial charge in [0, 0.05) is 6.61 Å². The van der Waals surface area contributed by atoms with Gasteiger partial charge in [0.05, 0.1) is 0 Å². The minimum absolute atomic E-state index is 0.365. The molecule has 0 amide bonds. The number of rotatable bonds is 4. The van der Waals surface area contributed by atoms with Gasteiger partial charge in [-0.25, -0.2) is 0 Å². The van der Waals surface area contributed by atoms with E-state index in [-0.39, 0.29) is 0 Å². The first-order valence-electron chi connectivity index (χ1n) is 7.04. The predicted octanol–water partition coefficient (Wildman–Crippen LogP) is 3.61. The third-order valence-electron chi connectivity index (χ3n) is 6.79. The number of hydrogen-bond donors (Lipinski definition) is 1. The van der Waals surface area contributed by atoms with Crippen molar-refractivity contribution in [3.63, 3.8) is 0 Å². The van der Waals surface area contributed by atoms with Gasteiger partial charge in [-0.15, -0.1) is 0 Å². The SMILES string of the molecule is CC1(C)C(CCC2(CO)CC2)CC2C[C@@]21C. The molecule has 1 N–H and O–H groups in total. The molecular weight excluding hydrogens is 196 g/mol. The quantitative estimate of drug-likeness (QED) is 0.770. The summed E-state index contributed by atoms with van der Waals surface area (Å²) in [4.78, 5) is 0. The van der Waals surface area contributed by atoms with E-state index in [1.165, 1.54) is 38.5 Å². The summed E-state index contributed by atoms with van der Waals surface area (Å²) in [5.41, 5.74) is 1.57. The minimum Gasteiger partial charge on any atom is -0.396 e. The molecule has 16 heavy (non-hydrogen) atoms. The van der Waals surface area contributed by atoms with Crippen molar-refractivity contribution in [1.29, 1.82) is 0 Å². The Kier molecular flexibility index (Phi) is 2.11. The van der Waals surface area contributed by atoms with Crippen LogP contribution in [0.25, 0.3) is 0 Å². The van der Waals surface area contributed by atoms with Crippen molar-refractivity contribution in [2.75, 3.05) is 6.61 Å². The van der Waals surface area contributed by atoms with Gasteiger partial charge in [-0.2, -0.15) is 0 Å². The fourth-order valence-electron chi connectivity index (χ4n) is 4.31. The Morgan fingerprint density at radius 2 is 1.88 bits per heavy atom. The van der Waals surface area contributed by atoms with Gasteiger partial charge in [0.2, 0.25) is 0 Å². The molecule has 0 heterocycles. The zero-order chi connectivity index (χ0) is 11.6. The molecule has 2 unspecified atom stereocenters. The highest BCUT2D eigenvalue weighted by molar-refractivity contribution is 5.15. The summed E-state index contributed by atoms with van der Waals surface area (Å²) in [5.74, 6) is 1.94. The van der Waals surface area contributed by atoms with Crippen LogP contribution in [0.4, 0.5) is 0 Å². The van der Waals surface area contributed by atoms with Gasteiger partial charge in [0.25, 0.3) is 0 Å². The van der Waals surface area contributed by atoms with E-state index in [0.29, 0.717) is 22.9 Å².